The number of fused-ring (bicyclic) bond motifs is 4. The SMILES string of the molecule is C[C@@H]1[C@@H](C)C/C=C/[C@H](OCCCC2COC2)[C@@H]2CC[C@H]2CN2C[C@@]3(CCCc4cc(Cl)ccc43)COc3ccc(cc32)C(=O)NS1(=O)=O.O=C(O)C(F)(F)F. The zero-order valence-corrected chi connectivity index (χ0v) is 32.7. The van der Waals surface area contributed by atoms with Crippen molar-refractivity contribution in [3.63, 3.8) is 0 Å². The Morgan fingerprint density at radius 3 is 2.58 bits per heavy atom. The number of aryl methyl sites for hydroxylation is 1. The summed E-state index contributed by atoms with van der Waals surface area (Å²) >= 11 is 6.45. The van der Waals surface area contributed by atoms with Crippen LogP contribution < -0.4 is 14.4 Å². The number of hydrogen-bond donors (Lipinski definition) is 2. The lowest BCUT2D eigenvalue weighted by Gasteiger charge is -2.46. The Kier molecular flexibility index (Phi) is 12.8. The molecule has 10 nitrogen and oxygen atoms in total. The number of nitrogens with one attached hydrogen (secondary N) is 1. The summed E-state index contributed by atoms with van der Waals surface area (Å²) in [5, 5.41) is 7.13. The average molecular weight is 811 g/mol. The van der Waals surface area contributed by atoms with Gasteiger partial charge in [0.05, 0.1) is 36.9 Å². The summed E-state index contributed by atoms with van der Waals surface area (Å²) in [6.07, 6.45) is 7.09. The van der Waals surface area contributed by atoms with Gasteiger partial charge in [0.2, 0.25) is 10.0 Å². The molecule has 2 aromatic rings. The van der Waals surface area contributed by atoms with Gasteiger partial charge in [-0.1, -0.05) is 36.7 Å². The van der Waals surface area contributed by atoms with Gasteiger partial charge in [0.25, 0.3) is 5.91 Å². The summed E-state index contributed by atoms with van der Waals surface area (Å²) in [4.78, 5) is 24.8. The van der Waals surface area contributed by atoms with Crippen molar-refractivity contribution < 1.29 is 50.5 Å². The number of allylic oxidation sites excluding steroid dienone is 1. The van der Waals surface area contributed by atoms with Gasteiger partial charge in [-0.05, 0) is 118 Å². The number of hydrogen-bond acceptors (Lipinski definition) is 8. The molecule has 1 spiro atoms. The van der Waals surface area contributed by atoms with Crippen LogP contribution in [0.4, 0.5) is 18.9 Å². The fourth-order valence-electron chi connectivity index (χ4n) is 8.36. The molecule has 15 heteroatoms. The summed E-state index contributed by atoms with van der Waals surface area (Å²) < 4.78 is 79.6. The van der Waals surface area contributed by atoms with Crippen molar-refractivity contribution in [2.75, 3.05) is 44.4 Å². The number of aliphatic carboxylic acids is 1. The Hall–Kier alpha value is -3.33. The van der Waals surface area contributed by atoms with Gasteiger partial charge in [0, 0.05) is 41.6 Å². The van der Waals surface area contributed by atoms with Crippen LogP contribution in [0.5, 0.6) is 5.75 Å². The summed E-state index contributed by atoms with van der Waals surface area (Å²) in [5.41, 5.74) is 3.48. The van der Waals surface area contributed by atoms with Crippen LogP contribution in [-0.4, -0.2) is 82.4 Å². The first-order valence-electron chi connectivity index (χ1n) is 19.1. The third kappa shape index (κ3) is 9.62. The first kappa shape index (κ1) is 41.3. The number of ether oxygens (including phenoxy) is 3. The lowest BCUT2D eigenvalue weighted by atomic mass is 9.68. The standard InChI is InChI=1S/C38H49ClN2O6S.C2HF3O2/c1-25-6-3-9-35(46-17-5-7-27-21-45-22-27)32-13-10-30(32)20-41-23-38(16-4-8-28-18-31(39)12-14-33(28)38)24-47-36-15-11-29(19-34(36)41)37(42)40-48(43,44)26(25)2;3-2(4,5)1(6)7/h3,9,11-12,14-15,18-19,25-27,30,32,35H,4-8,10,13,16-17,20-24H2,1-2H3,(H,40,42);(H,6,7)/b9-3+;/t25-,26+,30-,32+,35-,38-;/m0./s1. The Bertz CT molecular complexity index is 1860. The molecule has 2 aliphatic carbocycles. The molecular formula is C40H50ClF3N2O8S. The molecule has 1 amide bonds. The minimum absolute atomic E-state index is 0.0337. The molecule has 2 N–H and O–H groups in total. The monoisotopic (exact) mass is 810 g/mol. The second-order valence-electron chi connectivity index (χ2n) is 15.8. The van der Waals surface area contributed by atoms with Gasteiger partial charge >= 0.3 is 12.1 Å². The molecule has 2 fully saturated rings. The van der Waals surface area contributed by atoms with E-state index in [2.05, 4.69) is 33.9 Å². The van der Waals surface area contributed by atoms with E-state index < -0.39 is 33.3 Å². The third-order valence-corrected chi connectivity index (χ3v) is 14.2. The summed E-state index contributed by atoms with van der Waals surface area (Å²) in [6.45, 7) is 8.08. The van der Waals surface area contributed by atoms with E-state index in [9.17, 15) is 26.4 Å². The highest BCUT2D eigenvalue weighted by Gasteiger charge is 2.45. The smallest absolute Gasteiger partial charge is 0.490 e. The number of anilines is 1. The lowest BCUT2D eigenvalue weighted by Crippen LogP contribution is -2.49. The highest BCUT2D eigenvalue weighted by atomic mass is 35.5. The number of carboxylic acid groups (broad SMARTS) is 1. The molecule has 0 unspecified atom stereocenters. The molecule has 2 aromatic carbocycles. The Morgan fingerprint density at radius 1 is 1.15 bits per heavy atom. The maximum Gasteiger partial charge on any atom is 0.490 e. The molecule has 5 aliphatic rings. The maximum atomic E-state index is 13.5. The van der Waals surface area contributed by atoms with Gasteiger partial charge < -0.3 is 24.2 Å². The summed E-state index contributed by atoms with van der Waals surface area (Å²) in [6, 6.07) is 11.6. The summed E-state index contributed by atoms with van der Waals surface area (Å²) in [5.74, 6) is -1.43. The van der Waals surface area contributed by atoms with Crippen molar-refractivity contribution in [2.24, 2.45) is 23.7 Å². The van der Waals surface area contributed by atoms with E-state index in [0.29, 0.717) is 43.0 Å². The lowest BCUT2D eigenvalue weighted by molar-refractivity contribution is -0.192. The maximum absolute atomic E-state index is 13.5. The fourth-order valence-corrected chi connectivity index (χ4v) is 9.84. The molecule has 7 rings (SSSR count). The Balaban J connectivity index is 0.000000672. The average Bonchev–Trinajstić information content (AvgIpc) is 3.24. The number of amides is 1. The number of benzene rings is 2. The number of carbonyl (C=O) groups excluding carboxylic acids is 1. The number of nitrogens with zero attached hydrogens (tertiary/aromatic N) is 1. The van der Waals surface area contributed by atoms with Crippen molar-refractivity contribution in [3.8, 4) is 5.75 Å². The normalized spacial score (nSPS) is 29.7. The van der Waals surface area contributed by atoms with Gasteiger partial charge in [0.15, 0.2) is 0 Å². The minimum atomic E-state index is -5.08. The van der Waals surface area contributed by atoms with Gasteiger partial charge in [-0.2, -0.15) is 13.2 Å². The highest BCUT2D eigenvalue weighted by Crippen LogP contribution is 2.47. The number of halogens is 4. The number of rotatable bonds is 5. The molecule has 1 saturated heterocycles. The predicted molar refractivity (Wildman–Crippen MR) is 202 cm³/mol. The van der Waals surface area contributed by atoms with E-state index in [1.807, 2.05) is 25.1 Å². The van der Waals surface area contributed by atoms with Crippen LogP contribution in [-0.2, 0) is 36.1 Å². The number of sulfonamides is 1. The highest BCUT2D eigenvalue weighted by molar-refractivity contribution is 7.90. The number of carbonyl (C=O) groups is 2. The van der Waals surface area contributed by atoms with E-state index >= 15 is 0 Å². The largest absolute Gasteiger partial charge is 0.490 e. The molecule has 0 radical (unpaired) electrons. The van der Waals surface area contributed by atoms with Crippen molar-refractivity contribution >= 4 is 39.2 Å². The molecule has 0 aromatic heterocycles. The topological polar surface area (TPSA) is 131 Å². The first-order valence-corrected chi connectivity index (χ1v) is 21.0. The van der Waals surface area contributed by atoms with Crippen molar-refractivity contribution in [1.82, 2.24) is 4.72 Å². The molecular weight excluding hydrogens is 761 g/mol. The fraction of sp³-hybridized carbons (Fsp3) is 0.600. The van der Waals surface area contributed by atoms with Gasteiger partial charge in [-0.3, -0.25) is 4.79 Å². The zero-order valence-electron chi connectivity index (χ0n) is 31.2. The van der Waals surface area contributed by atoms with Gasteiger partial charge in [-0.25, -0.2) is 17.9 Å². The summed E-state index contributed by atoms with van der Waals surface area (Å²) in [7, 11) is -3.91. The van der Waals surface area contributed by atoms with E-state index in [-0.39, 0.29) is 17.4 Å². The van der Waals surface area contributed by atoms with Crippen molar-refractivity contribution in [2.45, 2.75) is 88.2 Å². The minimum Gasteiger partial charge on any atom is -0.490 e. The third-order valence-electron chi connectivity index (χ3n) is 12.0. The Morgan fingerprint density at radius 2 is 1.91 bits per heavy atom. The van der Waals surface area contributed by atoms with Gasteiger partial charge in [-0.15, -0.1) is 0 Å². The quantitative estimate of drug-likeness (QED) is 0.236. The molecule has 3 aliphatic heterocycles. The molecule has 302 valence electrons. The first-order chi connectivity index (χ1) is 26.1. The molecule has 55 heavy (non-hydrogen) atoms. The van der Waals surface area contributed by atoms with Crippen molar-refractivity contribution in [3.05, 3.63) is 70.3 Å². The van der Waals surface area contributed by atoms with Crippen LogP contribution in [0.1, 0.15) is 80.3 Å². The van der Waals surface area contributed by atoms with Crippen LogP contribution >= 0.6 is 11.6 Å². The van der Waals surface area contributed by atoms with Crippen molar-refractivity contribution in [1.29, 1.82) is 0 Å². The van der Waals surface area contributed by atoms with Gasteiger partial charge in [0.1, 0.15) is 5.75 Å². The van der Waals surface area contributed by atoms with E-state index in [1.54, 1.807) is 13.0 Å². The Labute approximate surface area is 325 Å². The molecule has 6 atom stereocenters. The van der Waals surface area contributed by atoms with Crippen LogP contribution in [0.25, 0.3) is 0 Å². The number of alkyl halides is 3. The molecule has 2 bridgehead atoms. The van der Waals surface area contributed by atoms with Crippen LogP contribution in [0.2, 0.25) is 5.02 Å². The molecule has 3 heterocycles. The van der Waals surface area contributed by atoms with Crippen LogP contribution in [0, 0.1) is 23.7 Å². The van der Waals surface area contributed by atoms with E-state index in [4.69, 9.17) is 35.7 Å². The van der Waals surface area contributed by atoms with Crippen LogP contribution in [0.15, 0.2) is 48.6 Å². The molecule has 1 saturated carbocycles. The second-order valence-corrected chi connectivity index (χ2v) is 18.3. The van der Waals surface area contributed by atoms with E-state index in [0.717, 1.165) is 87.7 Å². The zero-order chi connectivity index (χ0) is 39.5. The van der Waals surface area contributed by atoms with Crippen LogP contribution in [0.3, 0.4) is 0 Å². The number of carboxylic acids is 1. The van der Waals surface area contributed by atoms with E-state index in [1.165, 1.54) is 11.1 Å². The second kappa shape index (κ2) is 17.0. The predicted octanol–water partition coefficient (Wildman–Crippen LogP) is 7.33.